The molecule has 140 valence electrons. The summed E-state index contributed by atoms with van der Waals surface area (Å²) in [6.45, 7) is 3.95. The smallest absolute Gasteiger partial charge is 0.307 e. The lowest BCUT2D eigenvalue weighted by molar-refractivity contribution is -0.136. The van der Waals surface area contributed by atoms with Crippen molar-refractivity contribution in [2.24, 2.45) is 0 Å². The molecular formula is C19H26N4O3. The molecule has 0 fully saturated rings. The van der Waals surface area contributed by atoms with Gasteiger partial charge in [0.05, 0.1) is 19.1 Å². The summed E-state index contributed by atoms with van der Waals surface area (Å²) < 4.78 is 0. The number of aliphatic hydroxyl groups is 1. The highest BCUT2D eigenvalue weighted by Gasteiger charge is 2.15. The van der Waals surface area contributed by atoms with Crippen LogP contribution in [0.2, 0.25) is 0 Å². The van der Waals surface area contributed by atoms with Crippen molar-refractivity contribution >= 4 is 17.7 Å². The topological polar surface area (TPSA) is 121 Å². The number of hydrogen-bond donors (Lipinski definition) is 4. The number of aliphatic carboxylic acids is 1. The average molecular weight is 358 g/mol. The van der Waals surface area contributed by atoms with E-state index in [1.165, 1.54) is 0 Å². The first-order chi connectivity index (χ1) is 12.4. The van der Waals surface area contributed by atoms with Crippen LogP contribution in [0.5, 0.6) is 0 Å². The molecule has 0 bridgehead atoms. The summed E-state index contributed by atoms with van der Waals surface area (Å²) in [4.78, 5) is 19.4. The summed E-state index contributed by atoms with van der Waals surface area (Å²) in [5, 5.41) is 21.7. The normalized spacial score (nSPS) is 12.0. The summed E-state index contributed by atoms with van der Waals surface area (Å²) in [5.41, 5.74) is 9.28. The van der Waals surface area contributed by atoms with Gasteiger partial charge in [-0.25, -0.2) is 4.98 Å². The molecule has 7 heteroatoms. The van der Waals surface area contributed by atoms with E-state index in [4.69, 9.17) is 10.8 Å². The standard InChI is InChI=1S/C19H26N4O3/c1-3-4-15(11-24)22-18-16(12(2)21-19(20)23-18)9-13-5-7-14(8-6-13)10-17(25)26/h5-8,15,24H,3-4,9-11H2,1-2H3,(H,25,26)(H3,20,21,22,23). The minimum absolute atomic E-state index is 0.00624. The predicted octanol–water partition coefficient (Wildman–Crippen LogP) is 2.16. The second-order valence-electron chi connectivity index (χ2n) is 6.37. The Morgan fingerprint density at radius 1 is 1.23 bits per heavy atom. The number of hydrogen-bond acceptors (Lipinski definition) is 6. The van der Waals surface area contributed by atoms with E-state index in [1.807, 2.05) is 31.2 Å². The van der Waals surface area contributed by atoms with Crippen molar-refractivity contribution < 1.29 is 15.0 Å². The molecule has 0 saturated heterocycles. The Morgan fingerprint density at radius 2 is 1.88 bits per heavy atom. The molecule has 1 aromatic carbocycles. The number of anilines is 2. The number of nitrogens with one attached hydrogen (secondary N) is 1. The van der Waals surface area contributed by atoms with Gasteiger partial charge >= 0.3 is 5.97 Å². The number of nitrogens with two attached hydrogens (primary N) is 1. The maximum Gasteiger partial charge on any atom is 0.307 e. The highest BCUT2D eigenvalue weighted by Crippen LogP contribution is 2.23. The van der Waals surface area contributed by atoms with E-state index < -0.39 is 5.97 Å². The van der Waals surface area contributed by atoms with Gasteiger partial charge in [0.15, 0.2) is 0 Å². The third-order valence-corrected chi connectivity index (χ3v) is 4.19. The second kappa shape index (κ2) is 9.15. The zero-order chi connectivity index (χ0) is 19.1. The average Bonchev–Trinajstić information content (AvgIpc) is 2.58. The molecule has 26 heavy (non-hydrogen) atoms. The molecule has 0 aliphatic carbocycles. The summed E-state index contributed by atoms with van der Waals surface area (Å²) in [7, 11) is 0. The van der Waals surface area contributed by atoms with E-state index in [0.717, 1.165) is 35.2 Å². The molecule has 0 aliphatic rings. The van der Waals surface area contributed by atoms with E-state index >= 15 is 0 Å². The van der Waals surface area contributed by atoms with Crippen LogP contribution in [0, 0.1) is 6.92 Å². The van der Waals surface area contributed by atoms with Crippen LogP contribution in [0.4, 0.5) is 11.8 Å². The summed E-state index contributed by atoms with van der Waals surface area (Å²) in [6.07, 6.45) is 2.36. The number of nitrogens with zero attached hydrogens (tertiary/aromatic N) is 2. The third kappa shape index (κ3) is 5.42. The van der Waals surface area contributed by atoms with Crippen LogP contribution in [-0.4, -0.2) is 38.8 Å². The Bertz CT molecular complexity index is 747. The fraction of sp³-hybridized carbons (Fsp3) is 0.421. The minimum atomic E-state index is -0.849. The Labute approximate surface area is 153 Å². The van der Waals surface area contributed by atoms with Gasteiger partial charge in [-0.05, 0) is 24.5 Å². The first kappa shape index (κ1) is 19.7. The number of aryl methyl sites for hydroxylation is 1. The van der Waals surface area contributed by atoms with Crippen LogP contribution in [-0.2, 0) is 17.6 Å². The fourth-order valence-corrected chi connectivity index (χ4v) is 2.85. The molecule has 0 saturated carbocycles. The number of nitrogen functional groups attached to an aromatic ring is 1. The second-order valence-corrected chi connectivity index (χ2v) is 6.37. The molecule has 2 aromatic rings. The molecule has 0 aliphatic heterocycles. The quantitative estimate of drug-likeness (QED) is 0.542. The van der Waals surface area contributed by atoms with Gasteiger partial charge in [0, 0.05) is 17.7 Å². The van der Waals surface area contributed by atoms with Crippen molar-refractivity contribution in [3.8, 4) is 0 Å². The molecule has 1 unspecified atom stereocenters. The number of aromatic nitrogens is 2. The lowest BCUT2D eigenvalue weighted by atomic mass is 10.0. The van der Waals surface area contributed by atoms with Crippen molar-refractivity contribution in [3.05, 3.63) is 46.6 Å². The Morgan fingerprint density at radius 3 is 2.46 bits per heavy atom. The van der Waals surface area contributed by atoms with E-state index in [0.29, 0.717) is 12.2 Å². The lowest BCUT2D eigenvalue weighted by Gasteiger charge is -2.20. The van der Waals surface area contributed by atoms with Crippen LogP contribution in [0.15, 0.2) is 24.3 Å². The summed E-state index contributed by atoms with van der Waals surface area (Å²) in [6, 6.07) is 7.36. The van der Waals surface area contributed by atoms with Gasteiger partial charge in [0.1, 0.15) is 5.82 Å². The van der Waals surface area contributed by atoms with Gasteiger partial charge in [-0.1, -0.05) is 37.6 Å². The van der Waals surface area contributed by atoms with Crippen molar-refractivity contribution in [1.29, 1.82) is 0 Å². The molecule has 5 N–H and O–H groups in total. The maximum atomic E-state index is 10.8. The predicted molar refractivity (Wildman–Crippen MR) is 101 cm³/mol. The SMILES string of the molecule is CCCC(CO)Nc1nc(N)nc(C)c1Cc1ccc(CC(=O)O)cc1. The molecular weight excluding hydrogens is 332 g/mol. The van der Waals surface area contributed by atoms with E-state index in [1.54, 1.807) is 0 Å². The Hall–Kier alpha value is -2.67. The Balaban J connectivity index is 2.25. The molecule has 7 nitrogen and oxygen atoms in total. The monoisotopic (exact) mass is 358 g/mol. The van der Waals surface area contributed by atoms with E-state index in [2.05, 4.69) is 22.2 Å². The van der Waals surface area contributed by atoms with Gasteiger partial charge in [-0.15, -0.1) is 0 Å². The molecule has 1 heterocycles. The van der Waals surface area contributed by atoms with Crippen LogP contribution < -0.4 is 11.1 Å². The van der Waals surface area contributed by atoms with E-state index in [9.17, 15) is 9.90 Å². The van der Waals surface area contributed by atoms with Gasteiger partial charge in [-0.3, -0.25) is 4.79 Å². The number of carbonyl (C=O) groups is 1. The zero-order valence-corrected chi connectivity index (χ0v) is 15.2. The third-order valence-electron chi connectivity index (χ3n) is 4.19. The molecule has 2 rings (SSSR count). The minimum Gasteiger partial charge on any atom is -0.481 e. The molecule has 0 radical (unpaired) electrons. The number of benzene rings is 1. The van der Waals surface area contributed by atoms with Crippen LogP contribution >= 0.6 is 0 Å². The Kier molecular flexibility index (Phi) is 6.91. The molecule has 1 aromatic heterocycles. The first-order valence-electron chi connectivity index (χ1n) is 8.72. The number of rotatable bonds is 9. The zero-order valence-electron chi connectivity index (χ0n) is 15.2. The van der Waals surface area contributed by atoms with Gasteiger partial charge in [0.25, 0.3) is 0 Å². The highest BCUT2D eigenvalue weighted by atomic mass is 16.4. The van der Waals surface area contributed by atoms with Crippen molar-refractivity contribution in [2.75, 3.05) is 17.7 Å². The maximum absolute atomic E-state index is 10.8. The van der Waals surface area contributed by atoms with Crippen LogP contribution in [0.25, 0.3) is 0 Å². The fourth-order valence-electron chi connectivity index (χ4n) is 2.85. The number of aliphatic hydroxyl groups excluding tert-OH is 1. The molecule has 1 atom stereocenters. The number of carboxylic acid groups (broad SMARTS) is 1. The van der Waals surface area contributed by atoms with Crippen molar-refractivity contribution in [3.63, 3.8) is 0 Å². The van der Waals surface area contributed by atoms with E-state index in [-0.39, 0.29) is 25.0 Å². The lowest BCUT2D eigenvalue weighted by Crippen LogP contribution is -2.25. The largest absolute Gasteiger partial charge is 0.481 e. The number of carboxylic acids is 1. The van der Waals surface area contributed by atoms with Crippen LogP contribution in [0.3, 0.4) is 0 Å². The van der Waals surface area contributed by atoms with Crippen molar-refractivity contribution in [1.82, 2.24) is 9.97 Å². The van der Waals surface area contributed by atoms with Crippen molar-refractivity contribution in [2.45, 2.75) is 45.6 Å². The van der Waals surface area contributed by atoms with Gasteiger partial charge < -0.3 is 21.3 Å². The highest BCUT2D eigenvalue weighted by molar-refractivity contribution is 5.70. The van der Waals surface area contributed by atoms with Gasteiger partial charge in [0.2, 0.25) is 5.95 Å². The summed E-state index contributed by atoms with van der Waals surface area (Å²) in [5.74, 6) is -0.0196. The van der Waals surface area contributed by atoms with Crippen LogP contribution in [0.1, 0.15) is 42.1 Å². The molecule has 0 amide bonds. The van der Waals surface area contributed by atoms with Gasteiger partial charge in [-0.2, -0.15) is 4.98 Å². The summed E-state index contributed by atoms with van der Waals surface area (Å²) >= 11 is 0. The first-order valence-corrected chi connectivity index (χ1v) is 8.72. The molecule has 0 spiro atoms.